The first-order chi connectivity index (χ1) is 18.6. The number of hydrogen-bond acceptors (Lipinski definition) is 8. The number of ether oxygens (including phenoxy) is 5. The molecule has 1 atom stereocenters. The Morgan fingerprint density at radius 3 is 2.47 bits per heavy atom. The van der Waals surface area contributed by atoms with Gasteiger partial charge >= 0.3 is 0 Å². The molecule has 9 nitrogen and oxygen atoms in total. The lowest BCUT2D eigenvalue weighted by Gasteiger charge is -2.32. The maximum absolute atomic E-state index is 14.0. The van der Waals surface area contributed by atoms with Crippen molar-refractivity contribution in [3.05, 3.63) is 53.6 Å². The number of carbonyl (C=O) groups excluding carboxylic acids is 1. The number of methoxy groups -OCH3 is 3. The number of anilines is 1. The quantitative estimate of drug-likeness (QED) is 0.419. The second-order valence-corrected chi connectivity index (χ2v) is 9.52. The molecule has 5 rings (SSSR count). The van der Waals surface area contributed by atoms with E-state index in [1.807, 2.05) is 23.1 Å². The predicted octanol–water partition coefficient (Wildman–Crippen LogP) is 3.92. The van der Waals surface area contributed by atoms with E-state index in [0.717, 1.165) is 60.6 Å². The van der Waals surface area contributed by atoms with Gasteiger partial charge in [0.1, 0.15) is 23.1 Å². The van der Waals surface area contributed by atoms with Crippen LogP contribution < -0.4 is 19.1 Å². The third-order valence-corrected chi connectivity index (χ3v) is 7.13. The van der Waals surface area contributed by atoms with Gasteiger partial charge < -0.3 is 33.5 Å². The van der Waals surface area contributed by atoms with E-state index in [1.165, 1.54) is 0 Å². The minimum Gasteiger partial charge on any atom is -0.497 e. The lowest BCUT2D eigenvalue weighted by Crippen LogP contribution is -2.40. The molecular weight excluding hydrogens is 486 g/mol. The number of amides is 1. The van der Waals surface area contributed by atoms with Crippen LogP contribution >= 0.6 is 0 Å². The second kappa shape index (κ2) is 11.9. The molecule has 3 heterocycles. The number of pyridine rings is 1. The molecule has 0 aliphatic carbocycles. The van der Waals surface area contributed by atoms with Gasteiger partial charge in [-0.2, -0.15) is 0 Å². The molecule has 0 spiro atoms. The average Bonchev–Trinajstić information content (AvgIpc) is 3.49. The lowest BCUT2D eigenvalue weighted by atomic mass is 10.1. The zero-order valence-electron chi connectivity index (χ0n) is 22.3. The van der Waals surface area contributed by atoms with Crippen LogP contribution in [0.3, 0.4) is 0 Å². The molecule has 0 bridgehead atoms. The Morgan fingerprint density at radius 1 is 1.00 bits per heavy atom. The molecule has 0 unspecified atom stereocenters. The monoisotopic (exact) mass is 521 g/mol. The third kappa shape index (κ3) is 5.63. The minimum absolute atomic E-state index is 0.00675. The molecule has 1 aromatic heterocycles. The molecule has 2 aromatic carbocycles. The number of rotatable bonds is 9. The lowest BCUT2D eigenvalue weighted by molar-refractivity contribution is 0.0504. The summed E-state index contributed by atoms with van der Waals surface area (Å²) in [5.41, 5.74) is 2.31. The van der Waals surface area contributed by atoms with Crippen LogP contribution in [0.15, 0.2) is 42.5 Å². The Labute approximate surface area is 223 Å². The van der Waals surface area contributed by atoms with E-state index in [4.69, 9.17) is 28.7 Å². The summed E-state index contributed by atoms with van der Waals surface area (Å²) in [5.74, 6) is 2.60. The van der Waals surface area contributed by atoms with Crippen LogP contribution in [0.2, 0.25) is 0 Å². The molecule has 1 amide bonds. The number of morpholine rings is 1. The summed E-state index contributed by atoms with van der Waals surface area (Å²) in [6.45, 7) is 4.34. The van der Waals surface area contributed by atoms with Crippen molar-refractivity contribution >= 4 is 22.6 Å². The number of nitrogens with zero attached hydrogens (tertiary/aromatic N) is 3. The molecular formula is C29H35N3O6. The summed E-state index contributed by atoms with van der Waals surface area (Å²) in [5, 5.41) is 0.990. The van der Waals surface area contributed by atoms with Gasteiger partial charge in [0.15, 0.2) is 0 Å². The number of carbonyl (C=O) groups is 1. The zero-order chi connectivity index (χ0) is 26.5. The average molecular weight is 522 g/mol. The fraction of sp³-hybridized carbons (Fsp3) is 0.448. The Balaban J connectivity index is 1.54. The maximum Gasteiger partial charge on any atom is 0.258 e. The summed E-state index contributed by atoms with van der Waals surface area (Å²) in [6.07, 6.45) is 1.92. The highest BCUT2D eigenvalue weighted by Crippen LogP contribution is 2.31. The van der Waals surface area contributed by atoms with Gasteiger partial charge in [0.25, 0.3) is 5.91 Å². The number of hydrogen-bond donors (Lipinski definition) is 0. The molecule has 3 aromatic rings. The van der Waals surface area contributed by atoms with E-state index >= 15 is 0 Å². The summed E-state index contributed by atoms with van der Waals surface area (Å²) in [7, 11) is 4.81. The van der Waals surface area contributed by atoms with E-state index in [1.54, 1.807) is 39.5 Å². The van der Waals surface area contributed by atoms with Gasteiger partial charge in [0.05, 0.1) is 51.7 Å². The summed E-state index contributed by atoms with van der Waals surface area (Å²) in [6, 6.07) is 13.3. The molecule has 2 fully saturated rings. The van der Waals surface area contributed by atoms with E-state index in [-0.39, 0.29) is 12.0 Å². The molecule has 9 heteroatoms. The highest BCUT2D eigenvalue weighted by molar-refractivity contribution is 5.97. The Hall–Kier alpha value is -3.56. The molecule has 2 aliphatic heterocycles. The SMILES string of the molecule is COc1ccc(C(=O)N(Cc2cc3ccc(OC)cc3nc2N2CCOCC2)C[C@H]2CCCO2)c(OC)c1. The standard InChI is InChI=1S/C29H35N3O6/c1-34-22-7-6-20-15-21(28(30-26(20)16-22)31-10-13-37-14-11-31)18-32(19-24-5-4-12-38-24)29(33)25-9-8-23(35-2)17-27(25)36-3/h6-9,15-17,24H,4-5,10-14,18-19H2,1-3H3/t24-/m1/s1. The Morgan fingerprint density at radius 2 is 1.76 bits per heavy atom. The van der Waals surface area contributed by atoms with Gasteiger partial charge in [-0.3, -0.25) is 4.79 Å². The van der Waals surface area contributed by atoms with Crippen molar-refractivity contribution in [3.8, 4) is 17.2 Å². The molecule has 0 saturated carbocycles. The maximum atomic E-state index is 14.0. The second-order valence-electron chi connectivity index (χ2n) is 9.52. The van der Waals surface area contributed by atoms with Crippen LogP contribution in [0, 0.1) is 0 Å². The predicted molar refractivity (Wildman–Crippen MR) is 145 cm³/mol. The van der Waals surface area contributed by atoms with Gasteiger partial charge in [-0.25, -0.2) is 4.98 Å². The molecule has 0 radical (unpaired) electrons. The van der Waals surface area contributed by atoms with Crippen LogP contribution in [0.5, 0.6) is 17.2 Å². The van der Waals surface area contributed by atoms with Crippen LogP contribution in [0.1, 0.15) is 28.8 Å². The first-order valence-electron chi connectivity index (χ1n) is 13.0. The third-order valence-electron chi connectivity index (χ3n) is 7.13. The van der Waals surface area contributed by atoms with Gasteiger partial charge in [0, 0.05) is 55.9 Å². The summed E-state index contributed by atoms with van der Waals surface area (Å²) in [4.78, 5) is 23.2. The number of benzene rings is 2. The fourth-order valence-electron chi connectivity index (χ4n) is 5.08. The van der Waals surface area contributed by atoms with Crippen molar-refractivity contribution in [2.75, 3.05) is 65.7 Å². The summed E-state index contributed by atoms with van der Waals surface area (Å²) >= 11 is 0. The van der Waals surface area contributed by atoms with Crippen LogP contribution in [-0.4, -0.2) is 82.7 Å². The van der Waals surface area contributed by atoms with E-state index in [2.05, 4.69) is 11.0 Å². The topological polar surface area (TPSA) is 82.6 Å². The van der Waals surface area contributed by atoms with Crippen molar-refractivity contribution in [3.63, 3.8) is 0 Å². The van der Waals surface area contributed by atoms with Gasteiger partial charge in [-0.05, 0) is 43.2 Å². The van der Waals surface area contributed by atoms with Crippen LogP contribution in [-0.2, 0) is 16.0 Å². The van der Waals surface area contributed by atoms with E-state index < -0.39 is 0 Å². The largest absolute Gasteiger partial charge is 0.497 e. The van der Waals surface area contributed by atoms with E-state index in [0.29, 0.717) is 43.4 Å². The van der Waals surface area contributed by atoms with E-state index in [9.17, 15) is 4.79 Å². The van der Waals surface area contributed by atoms with Crippen molar-refractivity contribution in [2.24, 2.45) is 0 Å². The number of aromatic nitrogens is 1. The van der Waals surface area contributed by atoms with Crippen molar-refractivity contribution in [1.29, 1.82) is 0 Å². The fourth-order valence-corrected chi connectivity index (χ4v) is 5.08. The molecule has 2 saturated heterocycles. The highest BCUT2D eigenvalue weighted by atomic mass is 16.5. The normalized spacial score (nSPS) is 17.4. The smallest absolute Gasteiger partial charge is 0.258 e. The first kappa shape index (κ1) is 26.1. The van der Waals surface area contributed by atoms with Crippen LogP contribution in [0.25, 0.3) is 10.9 Å². The molecule has 2 aliphatic rings. The van der Waals surface area contributed by atoms with Gasteiger partial charge in [-0.15, -0.1) is 0 Å². The number of fused-ring (bicyclic) bond motifs is 1. The van der Waals surface area contributed by atoms with Crippen molar-refractivity contribution in [2.45, 2.75) is 25.5 Å². The molecule has 38 heavy (non-hydrogen) atoms. The zero-order valence-corrected chi connectivity index (χ0v) is 22.3. The Bertz CT molecular complexity index is 1270. The minimum atomic E-state index is -0.122. The highest BCUT2D eigenvalue weighted by Gasteiger charge is 2.28. The summed E-state index contributed by atoms with van der Waals surface area (Å²) < 4.78 is 27.9. The van der Waals surface area contributed by atoms with Crippen molar-refractivity contribution in [1.82, 2.24) is 9.88 Å². The molecule has 0 N–H and O–H groups in total. The van der Waals surface area contributed by atoms with Gasteiger partial charge in [-0.1, -0.05) is 0 Å². The van der Waals surface area contributed by atoms with Crippen LogP contribution in [0.4, 0.5) is 5.82 Å². The van der Waals surface area contributed by atoms with Gasteiger partial charge in [0.2, 0.25) is 0 Å². The first-order valence-corrected chi connectivity index (χ1v) is 13.0. The Kier molecular flexibility index (Phi) is 8.14. The molecule has 202 valence electrons. The van der Waals surface area contributed by atoms with Crippen molar-refractivity contribution < 1.29 is 28.5 Å².